The first-order chi connectivity index (χ1) is 12.4. The first-order valence-electron chi connectivity index (χ1n) is 8.40. The highest BCUT2D eigenvalue weighted by molar-refractivity contribution is 5.76. The topological polar surface area (TPSA) is 67.3 Å². The number of ether oxygens (including phenoxy) is 1. The van der Waals surface area contributed by atoms with E-state index in [4.69, 9.17) is 14.7 Å². The lowest BCUT2D eigenvalue weighted by atomic mass is 10.0. The van der Waals surface area contributed by atoms with Crippen LogP contribution < -0.4 is 10.1 Å². The van der Waals surface area contributed by atoms with Crippen LogP contribution >= 0.6 is 0 Å². The van der Waals surface area contributed by atoms with Crippen molar-refractivity contribution in [2.75, 3.05) is 25.1 Å². The number of aliphatic hydroxyl groups is 1. The monoisotopic (exact) mass is 333 g/mol. The molecule has 1 aliphatic heterocycles. The molecule has 1 aliphatic rings. The fourth-order valence-corrected chi connectivity index (χ4v) is 3.03. The second kappa shape index (κ2) is 6.91. The highest BCUT2D eigenvalue weighted by atomic mass is 16.5. The van der Waals surface area contributed by atoms with Crippen LogP contribution in [0.5, 0.6) is 5.75 Å². The van der Waals surface area contributed by atoms with Crippen LogP contribution in [0.4, 0.5) is 5.82 Å². The summed E-state index contributed by atoms with van der Waals surface area (Å²) in [7, 11) is 0. The van der Waals surface area contributed by atoms with Crippen molar-refractivity contribution in [3.8, 4) is 28.4 Å². The molecule has 5 heteroatoms. The first kappa shape index (κ1) is 15.6. The van der Waals surface area contributed by atoms with Crippen LogP contribution in [0.2, 0.25) is 0 Å². The van der Waals surface area contributed by atoms with E-state index in [2.05, 4.69) is 5.32 Å². The van der Waals surface area contributed by atoms with Crippen LogP contribution in [-0.2, 0) is 6.42 Å². The molecule has 0 amide bonds. The highest BCUT2D eigenvalue weighted by Crippen LogP contribution is 2.37. The zero-order valence-electron chi connectivity index (χ0n) is 13.8. The van der Waals surface area contributed by atoms with E-state index in [0.717, 1.165) is 34.0 Å². The van der Waals surface area contributed by atoms with Crippen LogP contribution in [0.15, 0.2) is 54.6 Å². The number of aromatic nitrogens is 2. The Hall–Kier alpha value is -2.92. The highest BCUT2D eigenvalue weighted by Gasteiger charge is 2.22. The molecule has 0 saturated heterocycles. The molecule has 25 heavy (non-hydrogen) atoms. The number of rotatable bonds is 4. The maximum atomic E-state index is 9.20. The normalized spacial score (nSPS) is 12.5. The van der Waals surface area contributed by atoms with Crippen molar-refractivity contribution in [3.05, 3.63) is 60.2 Å². The summed E-state index contributed by atoms with van der Waals surface area (Å²) in [6.45, 7) is 1.07. The summed E-state index contributed by atoms with van der Waals surface area (Å²) in [5, 5.41) is 12.4. The van der Waals surface area contributed by atoms with Gasteiger partial charge in [-0.15, -0.1) is 0 Å². The molecule has 2 aromatic carbocycles. The van der Waals surface area contributed by atoms with E-state index >= 15 is 0 Å². The molecule has 3 aromatic rings. The van der Waals surface area contributed by atoms with Gasteiger partial charge in [0.05, 0.1) is 18.9 Å². The number of nitrogens with one attached hydrogen (secondary N) is 1. The Labute approximate surface area is 146 Å². The average Bonchev–Trinajstić information content (AvgIpc) is 2.86. The fraction of sp³-hybridized carbons (Fsp3) is 0.200. The van der Waals surface area contributed by atoms with Crippen LogP contribution in [0.3, 0.4) is 0 Å². The van der Waals surface area contributed by atoms with Gasteiger partial charge in [0.15, 0.2) is 5.82 Å². The molecule has 0 unspecified atom stereocenters. The summed E-state index contributed by atoms with van der Waals surface area (Å²) in [5.41, 5.74) is 3.85. The Kier molecular flexibility index (Phi) is 4.31. The van der Waals surface area contributed by atoms with Gasteiger partial charge in [-0.3, -0.25) is 0 Å². The van der Waals surface area contributed by atoms with E-state index in [-0.39, 0.29) is 6.61 Å². The van der Waals surface area contributed by atoms with E-state index in [1.807, 2.05) is 54.6 Å². The van der Waals surface area contributed by atoms with Crippen molar-refractivity contribution in [1.29, 1.82) is 0 Å². The van der Waals surface area contributed by atoms with Crippen molar-refractivity contribution in [1.82, 2.24) is 9.97 Å². The Morgan fingerprint density at radius 2 is 1.80 bits per heavy atom. The van der Waals surface area contributed by atoms with E-state index < -0.39 is 0 Å². The molecule has 4 rings (SSSR count). The molecule has 0 aliphatic carbocycles. The predicted molar refractivity (Wildman–Crippen MR) is 97.7 cm³/mol. The van der Waals surface area contributed by atoms with Gasteiger partial charge < -0.3 is 15.2 Å². The Bertz CT molecular complexity index is 881. The molecule has 0 atom stereocenters. The quantitative estimate of drug-likeness (QED) is 0.768. The molecule has 2 heterocycles. The predicted octanol–water partition coefficient (Wildman–Crippen LogP) is 3.15. The van der Waals surface area contributed by atoms with Gasteiger partial charge in [-0.05, 0) is 12.1 Å². The molecule has 2 N–H and O–H groups in total. The number of benzene rings is 2. The van der Waals surface area contributed by atoms with Crippen molar-refractivity contribution in [2.24, 2.45) is 0 Å². The second-order valence-electron chi connectivity index (χ2n) is 5.83. The number of para-hydroxylation sites is 1. The maximum absolute atomic E-state index is 9.20. The summed E-state index contributed by atoms with van der Waals surface area (Å²) >= 11 is 0. The molecule has 0 spiro atoms. The zero-order valence-corrected chi connectivity index (χ0v) is 13.8. The summed E-state index contributed by atoms with van der Waals surface area (Å²) < 4.78 is 5.89. The molecule has 0 fully saturated rings. The Balaban J connectivity index is 1.92. The lowest BCUT2D eigenvalue weighted by molar-refractivity contribution is 0.310. The molecule has 0 saturated carbocycles. The summed E-state index contributed by atoms with van der Waals surface area (Å²) in [5.74, 6) is 2.27. The van der Waals surface area contributed by atoms with Gasteiger partial charge in [0.1, 0.15) is 11.6 Å². The van der Waals surface area contributed by atoms with E-state index in [9.17, 15) is 5.11 Å². The lowest BCUT2D eigenvalue weighted by Gasteiger charge is -2.14. The summed E-state index contributed by atoms with van der Waals surface area (Å²) in [6.07, 6.45) is 0.715. The van der Waals surface area contributed by atoms with Gasteiger partial charge in [0.25, 0.3) is 0 Å². The smallest absolute Gasteiger partial charge is 0.162 e. The van der Waals surface area contributed by atoms with Gasteiger partial charge in [-0.25, -0.2) is 9.97 Å². The fourth-order valence-electron chi connectivity index (χ4n) is 3.03. The van der Waals surface area contributed by atoms with Gasteiger partial charge in [0, 0.05) is 29.7 Å². The number of nitrogens with zero attached hydrogens (tertiary/aromatic N) is 2. The van der Waals surface area contributed by atoms with Crippen LogP contribution in [0.1, 0.15) is 5.56 Å². The molecule has 0 radical (unpaired) electrons. The number of anilines is 1. The molecular formula is C20H19N3O2. The minimum absolute atomic E-state index is 0.0481. The minimum Gasteiger partial charge on any atom is -0.493 e. The maximum Gasteiger partial charge on any atom is 0.162 e. The number of hydrogen-bond donors (Lipinski definition) is 2. The Morgan fingerprint density at radius 3 is 2.64 bits per heavy atom. The number of aliphatic hydroxyl groups excluding tert-OH is 1. The van der Waals surface area contributed by atoms with Crippen LogP contribution in [0, 0.1) is 0 Å². The third-order valence-electron chi connectivity index (χ3n) is 4.20. The number of fused-ring (bicyclic) bond motifs is 3. The standard InChI is InChI=1S/C20H19N3O2/c24-12-11-21-20-16-10-13-25-17-9-5-4-8-15(17)18(16)22-19(23-20)14-6-2-1-3-7-14/h1-9,24H,10-13H2,(H,21,22,23). The Morgan fingerprint density at radius 1 is 1.00 bits per heavy atom. The van der Waals surface area contributed by atoms with Gasteiger partial charge in [-0.1, -0.05) is 42.5 Å². The van der Waals surface area contributed by atoms with Crippen molar-refractivity contribution in [3.63, 3.8) is 0 Å². The van der Waals surface area contributed by atoms with Gasteiger partial charge in [-0.2, -0.15) is 0 Å². The molecule has 126 valence electrons. The van der Waals surface area contributed by atoms with Crippen molar-refractivity contribution >= 4 is 5.82 Å². The minimum atomic E-state index is 0.0481. The first-order valence-corrected chi connectivity index (χ1v) is 8.40. The lowest BCUT2D eigenvalue weighted by Crippen LogP contribution is -2.12. The number of hydrogen-bond acceptors (Lipinski definition) is 5. The van der Waals surface area contributed by atoms with E-state index in [0.29, 0.717) is 25.4 Å². The SMILES string of the molecule is OCCNc1nc(-c2ccccc2)nc2c1CCOc1ccccc1-2. The average molecular weight is 333 g/mol. The van der Waals surface area contributed by atoms with E-state index in [1.165, 1.54) is 0 Å². The van der Waals surface area contributed by atoms with Crippen molar-refractivity contribution < 1.29 is 9.84 Å². The third-order valence-corrected chi connectivity index (χ3v) is 4.20. The van der Waals surface area contributed by atoms with Gasteiger partial charge in [0.2, 0.25) is 0 Å². The zero-order chi connectivity index (χ0) is 17.1. The summed E-state index contributed by atoms with van der Waals surface area (Å²) in [6, 6.07) is 17.9. The van der Waals surface area contributed by atoms with Crippen LogP contribution in [-0.4, -0.2) is 34.8 Å². The van der Waals surface area contributed by atoms with E-state index in [1.54, 1.807) is 0 Å². The summed E-state index contributed by atoms with van der Waals surface area (Å²) in [4.78, 5) is 9.58. The van der Waals surface area contributed by atoms with Crippen molar-refractivity contribution in [2.45, 2.75) is 6.42 Å². The van der Waals surface area contributed by atoms with Crippen LogP contribution in [0.25, 0.3) is 22.6 Å². The third kappa shape index (κ3) is 3.06. The molecule has 1 aromatic heterocycles. The molecular weight excluding hydrogens is 314 g/mol. The molecule has 5 nitrogen and oxygen atoms in total. The van der Waals surface area contributed by atoms with Gasteiger partial charge >= 0.3 is 0 Å². The second-order valence-corrected chi connectivity index (χ2v) is 5.83. The largest absolute Gasteiger partial charge is 0.493 e. The molecule has 0 bridgehead atoms.